The molecule has 2 rings (SSSR count). The first kappa shape index (κ1) is 8.69. The predicted octanol–water partition coefficient (Wildman–Crippen LogP) is 1.26. The lowest BCUT2D eigenvalue weighted by Gasteiger charge is -1.99. The highest BCUT2D eigenvalue weighted by Crippen LogP contribution is 2.13. The van der Waals surface area contributed by atoms with E-state index >= 15 is 0 Å². The molecule has 14 heavy (non-hydrogen) atoms. The van der Waals surface area contributed by atoms with Crippen LogP contribution in [-0.4, -0.2) is 10.9 Å². The van der Waals surface area contributed by atoms with E-state index in [1.165, 1.54) is 0 Å². The van der Waals surface area contributed by atoms with Gasteiger partial charge in [-0.15, -0.1) is 0 Å². The molecule has 0 bridgehead atoms. The summed E-state index contributed by atoms with van der Waals surface area (Å²) in [7, 11) is 0. The highest BCUT2D eigenvalue weighted by atomic mass is 16.1. The number of fused-ring (bicyclic) bond motifs is 1. The molecule has 0 atom stereocenters. The van der Waals surface area contributed by atoms with Crippen LogP contribution in [0, 0.1) is 0 Å². The van der Waals surface area contributed by atoms with E-state index in [0.29, 0.717) is 0 Å². The molecule has 1 amide bonds. The summed E-state index contributed by atoms with van der Waals surface area (Å²) >= 11 is 0. The maximum absolute atomic E-state index is 10.7. The van der Waals surface area contributed by atoms with Crippen molar-refractivity contribution in [2.75, 3.05) is 0 Å². The zero-order chi connectivity index (χ0) is 9.97. The Morgan fingerprint density at radius 3 is 2.71 bits per heavy atom. The Kier molecular flexibility index (Phi) is 2.14. The molecule has 0 saturated carbocycles. The second-order valence-electron chi connectivity index (χ2n) is 3.17. The van der Waals surface area contributed by atoms with Crippen molar-refractivity contribution in [2.45, 2.75) is 6.42 Å². The third kappa shape index (κ3) is 1.71. The summed E-state index contributed by atoms with van der Waals surface area (Å²) < 4.78 is 0. The van der Waals surface area contributed by atoms with Crippen LogP contribution >= 0.6 is 0 Å². The molecule has 0 fully saturated rings. The van der Waals surface area contributed by atoms with Gasteiger partial charge in [0.25, 0.3) is 0 Å². The molecule has 0 saturated heterocycles. The van der Waals surface area contributed by atoms with Gasteiger partial charge in [-0.3, -0.25) is 9.78 Å². The summed E-state index contributed by atoms with van der Waals surface area (Å²) in [6, 6.07) is 9.77. The second-order valence-corrected chi connectivity index (χ2v) is 3.17. The van der Waals surface area contributed by atoms with Crippen LogP contribution in [0.1, 0.15) is 5.69 Å². The van der Waals surface area contributed by atoms with E-state index in [1.807, 2.05) is 30.3 Å². The van der Waals surface area contributed by atoms with Crippen molar-refractivity contribution in [3.05, 3.63) is 42.2 Å². The summed E-state index contributed by atoms with van der Waals surface area (Å²) in [5.41, 5.74) is 5.81. The van der Waals surface area contributed by atoms with Gasteiger partial charge in [-0.05, 0) is 11.5 Å². The van der Waals surface area contributed by atoms with Crippen molar-refractivity contribution < 1.29 is 4.79 Å². The van der Waals surface area contributed by atoms with E-state index < -0.39 is 0 Å². The number of benzene rings is 1. The van der Waals surface area contributed by atoms with E-state index in [-0.39, 0.29) is 12.3 Å². The Morgan fingerprint density at radius 1 is 1.29 bits per heavy atom. The average Bonchev–Trinajstić information content (AvgIpc) is 2.17. The van der Waals surface area contributed by atoms with Crippen molar-refractivity contribution in [3.8, 4) is 0 Å². The number of primary amides is 1. The molecule has 2 N–H and O–H groups in total. The van der Waals surface area contributed by atoms with E-state index in [1.54, 1.807) is 6.20 Å². The molecule has 0 aliphatic heterocycles. The molecule has 0 spiro atoms. The number of rotatable bonds is 2. The van der Waals surface area contributed by atoms with Gasteiger partial charge in [0.05, 0.1) is 12.1 Å². The molecular formula is C11H10N2O. The monoisotopic (exact) mass is 186 g/mol. The predicted molar refractivity (Wildman–Crippen MR) is 54.6 cm³/mol. The van der Waals surface area contributed by atoms with Crippen LogP contribution in [0.2, 0.25) is 0 Å². The van der Waals surface area contributed by atoms with E-state index in [0.717, 1.165) is 16.5 Å². The normalized spacial score (nSPS) is 10.3. The van der Waals surface area contributed by atoms with Gasteiger partial charge >= 0.3 is 0 Å². The van der Waals surface area contributed by atoms with Crippen molar-refractivity contribution in [1.82, 2.24) is 4.98 Å². The molecule has 0 aliphatic carbocycles. The van der Waals surface area contributed by atoms with Gasteiger partial charge in [0, 0.05) is 11.6 Å². The Hall–Kier alpha value is -1.90. The Morgan fingerprint density at radius 2 is 2.00 bits per heavy atom. The molecule has 0 radical (unpaired) electrons. The van der Waals surface area contributed by atoms with Crippen LogP contribution in [0.15, 0.2) is 36.5 Å². The number of nitrogens with two attached hydrogens (primary N) is 1. The topological polar surface area (TPSA) is 56.0 Å². The summed E-state index contributed by atoms with van der Waals surface area (Å²) in [6.45, 7) is 0. The number of carbonyl (C=O) groups is 1. The largest absolute Gasteiger partial charge is 0.369 e. The molecule has 1 aromatic heterocycles. The summed E-state index contributed by atoms with van der Waals surface area (Å²) in [4.78, 5) is 14.8. The third-order valence-electron chi connectivity index (χ3n) is 2.04. The molecule has 0 aliphatic rings. The zero-order valence-corrected chi connectivity index (χ0v) is 7.60. The molecule has 1 aromatic carbocycles. The lowest BCUT2D eigenvalue weighted by Crippen LogP contribution is -2.14. The Bertz CT molecular complexity index is 479. The number of nitrogens with zero attached hydrogens (tertiary/aromatic N) is 1. The molecule has 3 heteroatoms. The minimum Gasteiger partial charge on any atom is -0.369 e. The summed E-state index contributed by atoms with van der Waals surface area (Å²) in [6.07, 6.45) is 1.96. The van der Waals surface area contributed by atoms with Crippen LogP contribution in [0.25, 0.3) is 10.8 Å². The van der Waals surface area contributed by atoms with Crippen molar-refractivity contribution in [2.24, 2.45) is 5.73 Å². The maximum atomic E-state index is 10.7. The number of carbonyl (C=O) groups excluding carboxylic acids is 1. The van der Waals surface area contributed by atoms with Gasteiger partial charge in [0.1, 0.15) is 0 Å². The molecule has 3 nitrogen and oxygen atoms in total. The fourth-order valence-corrected chi connectivity index (χ4v) is 1.40. The van der Waals surface area contributed by atoms with E-state index in [2.05, 4.69) is 4.98 Å². The highest BCUT2D eigenvalue weighted by molar-refractivity contribution is 5.83. The third-order valence-corrected chi connectivity index (χ3v) is 2.04. The smallest absolute Gasteiger partial charge is 0.223 e. The first-order valence-electron chi connectivity index (χ1n) is 4.38. The fraction of sp³-hybridized carbons (Fsp3) is 0.0909. The van der Waals surface area contributed by atoms with Crippen LogP contribution in [-0.2, 0) is 11.2 Å². The number of hydrogen-bond acceptors (Lipinski definition) is 2. The molecular weight excluding hydrogens is 176 g/mol. The van der Waals surface area contributed by atoms with Gasteiger partial charge in [0.15, 0.2) is 0 Å². The second kappa shape index (κ2) is 3.46. The highest BCUT2D eigenvalue weighted by Gasteiger charge is 2.00. The minimum absolute atomic E-state index is 0.199. The summed E-state index contributed by atoms with van der Waals surface area (Å²) in [5, 5.41) is 2.15. The fourth-order valence-electron chi connectivity index (χ4n) is 1.40. The zero-order valence-electron chi connectivity index (χ0n) is 7.60. The Balaban J connectivity index is 2.46. The van der Waals surface area contributed by atoms with Gasteiger partial charge in [-0.25, -0.2) is 0 Å². The van der Waals surface area contributed by atoms with Crippen LogP contribution in [0.3, 0.4) is 0 Å². The van der Waals surface area contributed by atoms with E-state index in [4.69, 9.17) is 5.73 Å². The van der Waals surface area contributed by atoms with Gasteiger partial charge in [-0.1, -0.05) is 24.3 Å². The number of pyridine rings is 1. The van der Waals surface area contributed by atoms with Gasteiger partial charge in [-0.2, -0.15) is 0 Å². The summed E-state index contributed by atoms with van der Waals surface area (Å²) in [5.74, 6) is -0.354. The number of hydrogen-bond donors (Lipinski definition) is 1. The molecule has 0 unspecified atom stereocenters. The van der Waals surface area contributed by atoms with Crippen molar-refractivity contribution in [1.29, 1.82) is 0 Å². The van der Waals surface area contributed by atoms with E-state index in [9.17, 15) is 4.79 Å². The number of amides is 1. The standard InChI is InChI=1S/C11H10N2O/c12-11(14)6-10-5-8-3-1-2-4-9(8)7-13-10/h1-5,7H,6H2,(H2,12,14). The number of aromatic nitrogens is 1. The van der Waals surface area contributed by atoms with Crippen LogP contribution in [0.4, 0.5) is 0 Å². The van der Waals surface area contributed by atoms with Crippen molar-refractivity contribution in [3.63, 3.8) is 0 Å². The SMILES string of the molecule is NC(=O)Cc1cc2ccccc2cn1. The van der Waals surface area contributed by atoms with Crippen molar-refractivity contribution >= 4 is 16.7 Å². The molecule has 2 aromatic rings. The maximum Gasteiger partial charge on any atom is 0.223 e. The minimum atomic E-state index is -0.354. The first-order valence-corrected chi connectivity index (χ1v) is 4.38. The van der Waals surface area contributed by atoms with Crippen LogP contribution < -0.4 is 5.73 Å². The molecule has 70 valence electrons. The lowest BCUT2D eigenvalue weighted by molar-refractivity contribution is -0.117. The Labute approximate surface area is 81.6 Å². The lowest BCUT2D eigenvalue weighted by atomic mass is 10.1. The molecule has 1 heterocycles. The first-order chi connectivity index (χ1) is 6.75. The average molecular weight is 186 g/mol. The van der Waals surface area contributed by atoms with Crippen LogP contribution in [0.5, 0.6) is 0 Å². The van der Waals surface area contributed by atoms with Gasteiger partial charge in [0.2, 0.25) is 5.91 Å². The van der Waals surface area contributed by atoms with Gasteiger partial charge < -0.3 is 5.73 Å². The quantitative estimate of drug-likeness (QED) is 0.767.